The van der Waals surface area contributed by atoms with E-state index in [1.165, 1.54) is 72.9 Å². The molecule has 0 bridgehead atoms. The Hall–Kier alpha value is -4.75. The minimum Gasteiger partial charge on any atom is -0.497 e. The zero-order valence-electron chi connectivity index (χ0n) is 34.5. The van der Waals surface area contributed by atoms with Crippen molar-refractivity contribution in [3.05, 3.63) is 83.9 Å². The molecule has 0 saturated carbocycles. The van der Waals surface area contributed by atoms with Crippen molar-refractivity contribution in [3.8, 4) is 17.2 Å². The van der Waals surface area contributed by atoms with Crippen LogP contribution in [0.25, 0.3) is 0 Å². The van der Waals surface area contributed by atoms with Crippen LogP contribution in [0.2, 0.25) is 0 Å². The number of carboxylic acids is 1. The number of rotatable bonds is 22. The Morgan fingerprint density at radius 1 is 0.967 bits per heavy atom. The number of ether oxygens (including phenoxy) is 6. The predicted molar refractivity (Wildman–Crippen MR) is 218 cm³/mol. The molecule has 0 aromatic heterocycles. The van der Waals surface area contributed by atoms with Crippen LogP contribution in [0, 0.1) is 11.8 Å². The molecule has 2 heterocycles. The zero-order chi connectivity index (χ0) is 44.3. The maximum Gasteiger partial charge on any atom is 0.417 e. The molecule has 0 spiro atoms. The monoisotopic (exact) mass is 892 g/mol. The van der Waals surface area contributed by atoms with Crippen molar-refractivity contribution in [1.82, 2.24) is 9.62 Å². The van der Waals surface area contributed by atoms with Gasteiger partial charge in [-0.15, -0.1) is 0 Å². The molecule has 2 aliphatic rings. The summed E-state index contributed by atoms with van der Waals surface area (Å²) in [5, 5.41) is 23.9. The van der Waals surface area contributed by atoms with Gasteiger partial charge in [-0.2, -0.15) is 4.31 Å². The second-order valence-electron chi connectivity index (χ2n) is 14.8. The first-order valence-corrected chi connectivity index (χ1v) is 22.9. The number of aliphatic hydroxyl groups excluding tert-OH is 1. The molecule has 1 unspecified atom stereocenters. The van der Waals surface area contributed by atoms with Crippen LogP contribution in [-0.4, -0.2) is 118 Å². The second kappa shape index (κ2) is 21.4. The van der Waals surface area contributed by atoms with Gasteiger partial charge in [0.2, 0.25) is 16.4 Å². The molecule has 3 N–H and O–H groups in total. The molecule has 3 aromatic carbocycles. The third-order valence-corrected chi connectivity index (χ3v) is 13.1. The van der Waals surface area contributed by atoms with Crippen LogP contribution in [-0.2, 0) is 49.3 Å². The van der Waals surface area contributed by atoms with Crippen LogP contribution in [0.4, 0.5) is 4.79 Å². The van der Waals surface area contributed by atoms with Crippen LogP contribution >= 0.6 is 7.60 Å². The molecule has 1 amide bonds. The van der Waals surface area contributed by atoms with E-state index < -0.39 is 72.6 Å². The first kappa shape index (κ1) is 47.3. The highest BCUT2D eigenvalue weighted by Crippen LogP contribution is 2.50. The third-order valence-electron chi connectivity index (χ3n) is 9.70. The van der Waals surface area contributed by atoms with Crippen molar-refractivity contribution >= 4 is 35.7 Å². The van der Waals surface area contributed by atoms with Gasteiger partial charge in [-0.1, -0.05) is 32.0 Å². The summed E-state index contributed by atoms with van der Waals surface area (Å²) in [4.78, 5) is 37.3. The average molecular weight is 893 g/mol. The van der Waals surface area contributed by atoms with Gasteiger partial charge in [0.25, 0.3) is 0 Å². The highest BCUT2D eigenvalue weighted by molar-refractivity contribution is 7.89. The lowest BCUT2D eigenvalue weighted by atomic mass is 10.0. The molecule has 20 heteroatoms. The van der Waals surface area contributed by atoms with E-state index in [1.54, 1.807) is 19.1 Å². The van der Waals surface area contributed by atoms with Crippen LogP contribution in [0.1, 0.15) is 50.0 Å². The number of nitrogens with one attached hydrogen (secondary N) is 1. The van der Waals surface area contributed by atoms with Gasteiger partial charge in [-0.25, -0.2) is 27.4 Å². The zero-order valence-corrected chi connectivity index (χ0v) is 36.3. The number of methoxy groups -OCH3 is 1. The fourth-order valence-electron chi connectivity index (χ4n) is 6.66. The van der Waals surface area contributed by atoms with E-state index in [2.05, 4.69) is 5.32 Å². The highest BCUT2D eigenvalue weighted by Gasteiger charge is 2.44. The summed E-state index contributed by atoms with van der Waals surface area (Å²) in [5.74, 6) is -1.76. The number of carbonyl (C=O) groups is 3. The van der Waals surface area contributed by atoms with Crippen LogP contribution in [0.5, 0.6) is 17.2 Å². The number of alkyl carbamates (subject to hydrolysis) is 1. The van der Waals surface area contributed by atoms with Gasteiger partial charge >= 0.3 is 25.6 Å². The van der Waals surface area contributed by atoms with Gasteiger partial charge in [0.05, 0.1) is 55.5 Å². The first-order valence-electron chi connectivity index (χ1n) is 19.7. The van der Waals surface area contributed by atoms with E-state index in [0.29, 0.717) is 24.3 Å². The molecule has 2 aliphatic heterocycles. The first-order chi connectivity index (χ1) is 29.0. The Labute approximate surface area is 354 Å². The minimum atomic E-state index is -4.33. The smallest absolute Gasteiger partial charge is 0.417 e. The number of nitrogens with zero attached hydrogens (tertiary/aromatic N) is 1. The third kappa shape index (κ3) is 13.1. The number of sulfonamides is 1. The second-order valence-corrected chi connectivity index (χ2v) is 18.6. The maximum atomic E-state index is 14.0. The van der Waals surface area contributed by atoms with Gasteiger partial charge < -0.3 is 48.5 Å². The largest absolute Gasteiger partial charge is 0.497 e. The van der Waals surface area contributed by atoms with Crippen molar-refractivity contribution in [3.63, 3.8) is 0 Å². The summed E-state index contributed by atoms with van der Waals surface area (Å²) in [6.07, 6.45) is -4.70. The molecule has 0 aliphatic carbocycles. The number of hydrogen-bond acceptors (Lipinski definition) is 15. The number of aliphatic hydroxyl groups is 1. The quantitative estimate of drug-likeness (QED) is 0.0882. The fraction of sp³-hybridized carbons (Fsp3) is 0.488. The number of fused-ring (bicyclic) bond motifs is 1. The molecule has 7 atom stereocenters. The number of benzene rings is 3. The van der Waals surface area contributed by atoms with Gasteiger partial charge in [0.15, 0.2) is 12.4 Å². The number of carboxylic acid groups (broad SMARTS) is 1. The Morgan fingerprint density at radius 3 is 2.33 bits per heavy atom. The molecule has 3 aromatic rings. The van der Waals surface area contributed by atoms with Gasteiger partial charge in [-0.3, -0.25) is 4.52 Å². The maximum absolute atomic E-state index is 14.0. The summed E-state index contributed by atoms with van der Waals surface area (Å²) in [5.41, 5.74) is 0.442. The Balaban J connectivity index is 1.34. The lowest BCUT2D eigenvalue weighted by Crippen LogP contribution is -2.51. The molecule has 18 nitrogen and oxygen atoms in total. The van der Waals surface area contributed by atoms with E-state index in [1.807, 2.05) is 13.8 Å². The van der Waals surface area contributed by atoms with E-state index >= 15 is 0 Å². The number of hydrogen-bond donors (Lipinski definition) is 3. The Kier molecular flexibility index (Phi) is 16.6. The lowest BCUT2D eigenvalue weighted by molar-refractivity contribution is -0.150. The molecule has 334 valence electrons. The molecular formula is C41H53N2O16PS. The van der Waals surface area contributed by atoms with E-state index in [0.717, 1.165) is 6.07 Å². The fourth-order valence-corrected chi connectivity index (χ4v) is 9.75. The number of aromatic carboxylic acids is 1. The average Bonchev–Trinajstić information content (AvgIpc) is 3.85. The van der Waals surface area contributed by atoms with Crippen molar-refractivity contribution in [2.24, 2.45) is 11.8 Å². The van der Waals surface area contributed by atoms with Crippen LogP contribution < -0.4 is 19.3 Å². The summed E-state index contributed by atoms with van der Waals surface area (Å²) >= 11 is 0. The molecule has 61 heavy (non-hydrogen) atoms. The topological polar surface area (TPSA) is 232 Å². The molecule has 0 radical (unpaired) electrons. The molecule has 5 rings (SSSR count). The summed E-state index contributed by atoms with van der Waals surface area (Å²) in [6.45, 7) is 6.95. The summed E-state index contributed by atoms with van der Waals surface area (Å²) in [7, 11) is -6.97. The van der Waals surface area contributed by atoms with Gasteiger partial charge in [0.1, 0.15) is 23.4 Å². The van der Waals surface area contributed by atoms with Crippen molar-refractivity contribution in [1.29, 1.82) is 0 Å². The molecular weight excluding hydrogens is 839 g/mol. The standard InChI is InChI=1S/C41H53N2O16PS/c1-6-53-39(47)27(4)58-60(49,59-32-9-7-8-29(21-32)38(45)46)25-56-31-12-10-28(11-13-31)20-35(42-41(48)57-37-24-55-40-34(37)18-19-54-40)36(44)23-43(22-26(2)3)61(50,51)33-16-14-30(52-5)15-17-33/h7-17,21,26-27,34-37,40,44H,6,18-20,22-25H2,1-5H3,(H,42,48)(H,45,46)/t27-,34-,35-,36+,37-,40+,60?/m0/s1. The van der Waals surface area contributed by atoms with Crippen molar-refractivity contribution < 1.29 is 75.0 Å². The summed E-state index contributed by atoms with van der Waals surface area (Å²) in [6, 6.07) is 16.4. The van der Waals surface area contributed by atoms with Crippen molar-refractivity contribution in [2.45, 2.75) is 76.1 Å². The van der Waals surface area contributed by atoms with E-state index in [9.17, 15) is 37.6 Å². The molecule has 2 fully saturated rings. The van der Waals surface area contributed by atoms with E-state index in [4.69, 9.17) is 37.5 Å². The van der Waals surface area contributed by atoms with Crippen molar-refractivity contribution in [2.75, 3.05) is 46.4 Å². The number of amides is 1. The van der Waals surface area contributed by atoms with Gasteiger partial charge in [-0.05, 0) is 92.8 Å². The van der Waals surface area contributed by atoms with Gasteiger partial charge in [0, 0.05) is 13.1 Å². The number of carbonyl (C=O) groups excluding carboxylic acids is 2. The normalized spacial score (nSPS) is 19.9. The lowest BCUT2D eigenvalue weighted by Gasteiger charge is -2.31. The van der Waals surface area contributed by atoms with Crippen LogP contribution in [0.3, 0.4) is 0 Å². The predicted octanol–water partition coefficient (Wildman–Crippen LogP) is 5.08. The highest BCUT2D eigenvalue weighted by atomic mass is 32.2. The Bertz CT molecular complexity index is 2100. The van der Waals surface area contributed by atoms with E-state index in [-0.39, 0.29) is 66.5 Å². The molecule has 2 saturated heterocycles. The Morgan fingerprint density at radius 2 is 1.67 bits per heavy atom. The minimum absolute atomic E-state index is 0.000274. The SMILES string of the molecule is CCOC(=O)[C@H](C)OP(=O)(COc1ccc(C[C@H](NC(=O)O[C@H]2CO[C@H]3OCC[C@H]32)[C@H](O)CN(CC(C)C)S(=O)(=O)c2ccc(OC)cc2)cc1)Oc1cccc(C(=O)O)c1. The van der Waals surface area contributed by atoms with Crippen LogP contribution in [0.15, 0.2) is 77.7 Å². The summed E-state index contributed by atoms with van der Waals surface area (Å²) < 4.78 is 87.0. The number of esters is 1.